The van der Waals surface area contributed by atoms with Crippen molar-refractivity contribution in [2.75, 3.05) is 7.11 Å². The van der Waals surface area contributed by atoms with E-state index in [4.69, 9.17) is 37.9 Å². The van der Waals surface area contributed by atoms with Crippen molar-refractivity contribution in [1.82, 2.24) is 0 Å². The molecule has 0 aliphatic carbocycles. The van der Waals surface area contributed by atoms with Crippen LogP contribution in [0.25, 0.3) is 0 Å². The molecule has 9 atom stereocenters. The third kappa shape index (κ3) is 7.96. The zero-order chi connectivity index (χ0) is 27.1. The summed E-state index contributed by atoms with van der Waals surface area (Å²) in [6.07, 6.45) is -7.10. The first kappa shape index (κ1) is 29.0. The number of methoxy groups -OCH3 is 1. The molecule has 37 heavy (non-hydrogen) atoms. The van der Waals surface area contributed by atoms with E-state index in [1.165, 1.54) is 27.9 Å². The standard InChI is InChI=1S/C26H36O11/c1-14-12-20(22(25(30-6)32-14)31-13-19-10-8-7-9-11-19)37-26-24(36-18(5)29)23(35-17(4)28)21(15(2)33-26)34-16(3)27/h7-11,14-15,20-26H,12-13H2,1-6H3. The summed E-state index contributed by atoms with van der Waals surface area (Å²) in [6, 6.07) is 9.61. The van der Waals surface area contributed by atoms with Crippen LogP contribution in [0, 0.1) is 0 Å². The van der Waals surface area contributed by atoms with Crippen molar-refractivity contribution < 1.29 is 52.3 Å². The highest BCUT2D eigenvalue weighted by molar-refractivity contribution is 5.68. The summed E-state index contributed by atoms with van der Waals surface area (Å²) in [5.74, 6) is -1.90. The smallest absolute Gasteiger partial charge is 0.303 e. The quantitative estimate of drug-likeness (QED) is 0.349. The maximum atomic E-state index is 12.0. The highest BCUT2D eigenvalue weighted by Crippen LogP contribution is 2.33. The molecule has 2 heterocycles. The molecule has 0 aromatic heterocycles. The van der Waals surface area contributed by atoms with Crippen molar-refractivity contribution in [2.45, 2.75) is 103 Å². The van der Waals surface area contributed by atoms with Crippen LogP contribution in [0.1, 0.15) is 46.6 Å². The molecule has 206 valence electrons. The molecule has 3 rings (SSSR count). The Hall–Kier alpha value is -2.57. The molecule has 11 nitrogen and oxygen atoms in total. The predicted octanol–water partition coefficient (Wildman–Crippen LogP) is 2.28. The molecule has 11 heteroatoms. The number of ether oxygens (including phenoxy) is 8. The molecule has 0 bridgehead atoms. The highest BCUT2D eigenvalue weighted by Gasteiger charge is 2.53. The summed E-state index contributed by atoms with van der Waals surface area (Å²) < 4.78 is 46.4. The lowest BCUT2D eigenvalue weighted by Gasteiger charge is -2.46. The first-order chi connectivity index (χ1) is 17.6. The lowest BCUT2D eigenvalue weighted by molar-refractivity contribution is -0.341. The fourth-order valence-corrected chi connectivity index (χ4v) is 4.53. The van der Waals surface area contributed by atoms with Crippen LogP contribution >= 0.6 is 0 Å². The van der Waals surface area contributed by atoms with Crippen molar-refractivity contribution in [1.29, 1.82) is 0 Å². The minimum absolute atomic E-state index is 0.238. The van der Waals surface area contributed by atoms with Crippen LogP contribution in [0.15, 0.2) is 30.3 Å². The van der Waals surface area contributed by atoms with E-state index < -0.39 is 67.1 Å². The molecule has 2 aliphatic heterocycles. The Labute approximate surface area is 216 Å². The number of carbonyl (C=O) groups excluding carboxylic acids is 3. The average molecular weight is 525 g/mol. The third-order valence-electron chi connectivity index (χ3n) is 6.03. The lowest BCUT2D eigenvalue weighted by atomic mass is 9.98. The Morgan fingerprint density at radius 3 is 2.00 bits per heavy atom. The van der Waals surface area contributed by atoms with Crippen LogP contribution in [-0.4, -0.2) is 80.3 Å². The molecule has 9 unspecified atom stereocenters. The summed E-state index contributed by atoms with van der Waals surface area (Å²) in [5.41, 5.74) is 0.953. The van der Waals surface area contributed by atoms with Crippen LogP contribution in [0.2, 0.25) is 0 Å². The number of hydrogen-bond donors (Lipinski definition) is 0. The largest absolute Gasteiger partial charge is 0.456 e. The van der Waals surface area contributed by atoms with Crippen LogP contribution in [-0.2, 0) is 58.9 Å². The first-order valence-corrected chi connectivity index (χ1v) is 12.2. The maximum Gasteiger partial charge on any atom is 0.303 e. The van der Waals surface area contributed by atoms with Gasteiger partial charge in [0.15, 0.2) is 30.9 Å². The van der Waals surface area contributed by atoms with E-state index in [0.717, 1.165) is 5.56 Å². The molecule has 0 saturated carbocycles. The molecular weight excluding hydrogens is 488 g/mol. The van der Waals surface area contributed by atoms with Crippen LogP contribution in [0.4, 0.5) is 0 Å². The number of hydrogen-bond acceptors (Lipinski definition) is 11. The fourth-order valence-electron chi connectivity index (χ4n) is 4.53. The molecular formula is C26H36O11. The van der Waals surface area contributed by atoms with Gasteiger partial charge in [-0.15, -0.1) is 0 Å². The number of rotatable bonds is 9. The molecule has 0 radical (unpaired) electrons. The van der Waals surface area contributed by atoms with Gasteiger partial charge in [0, 0.05) is 34.3 Å². The summed E-state index contributed by atoms with van der Waals surface area (Å²) in [6.45, 7) is 7.46. The monoisotopic (exact) mass is 524 g/mol. The topological polar surface area (TPSA) is 125 Å². The summed E-state index contributed by atoms with van der Waals surface area (Å²) in [7, 11) is 1.51. The SMILES string of the molecule is COC1OC(C)CC(OC2OC(C)C(OC(C)=O)C(OC(C)=O)C2OC(C)=O)C1OCc1ccccc1. The van der Waals surface area contributed by atoms with E-state index in [1.54, 1.807) is 6.92 Å². The minimum atomic E-state index is -1.21. The molecule has 0 N–H and O–H groups in total. The van der Waals surface area contributed by atoms with E-state index in [2.05, 4.69) is 0 Å². The predicted molar refractivity (Wildman–Crippen MR) is 127 cm³/mol. The molecule has 1 aromatic rings. The average Bonchev–Trinajstić information content (AvgIpc) is 2.82. The van der Waals surface area contributed by atoms with Gasteiger partial charge in [-0.3, -0.25) is 14.4 Å². The van der Waals surface area contributed by atoms with Gasteiger partial charge in [-0.2, -0.15) is 0 Å². The zero-order valence-electron chi connectivity index (χ0n) is 22.0. The lowest BCUT2D eigenvalue weighted by Crippen LogP contribution is -2.63. The summed E-state index contributed by atoms with van der Waals surface area (Å²) in [5, 5.41) is 0. The van der Waals surface area contributed by atoms with Gasteiger partial charge in [-0.1, -0.05) is 30.3 Å². The Bertz CT molecular complexity index is 907. The summed E-state index contributed by atoms with van der Waals surface area (Å²) >= 11 is 0. The molecule has 0 spiro atoms. The van der Waals surface area contributed by atoms with E-state index in [9.17, 15) is 14.4 Å². The zero-order valence-corrected chi connectivity index (χ0v) is 22.0. The Morgan fingerprint density at radius 2 is 1.41 bits per heavy atom. The fraction of sp³-hybridized carbons (Fsp3) is 0.654. The first-order valence-electron chi connectivity index (χ1n) is 12.2. The van der Waals surface area contributed by atoms with Crippen LogP contribution in [0.5, 0.6) is 0 Å². The van der Waals surface area contributed by atoms with Gasteiger partial charge in [0.1, 0.15) is 6.10 Å². The van der Waals surface area contributed by atoms with Crippen molar-refractivity contribution in [3.8, 4) is 0 Å². The van der Waals surface area contributed by atoms with Gasteiger partial charge in [0.05, 0.1) is 24.9 Å². The van der Waals surface area contributed by atoms with E-state index in [0.29, 0.717) is 6.42 Å². The number of esters is 3. The van der Waals surface area contributed by atoms with Gasteiger partial charge in [-0.05, 0) is 19.4 Å². The van der Waals surface area contributed by atoms with Crippen molar-refractivity contribution in [3.05, 3.63) is 35.9 Å². The van der Waals surface area contributed by atoms with Crippen LogP contribution in [0.3, 0.4) is 0 Å². The second kappa shape index (κ2) is 13.3. The normalized spacial score (nSPS) is 33.8. The van der Waals surface area contributed by atoms with Gasteiger partial charge in [-0.25, -0.2) is 0 Å². The van der Waals surface area contributed by atoms with Crippen LogP contribution < -0.4 is 0 Å². The van der Waals surface area contributed by atoms with Crippen molar-refractivity contribution >= 4 is 17.9 Å². The van der Waals surface area contributed by atoms with Gasteiger partial charge < -0.3 is 37.9 Å². The maximum absolute atomic E-state index is 12.0. The van der Waals surface area contributed by atoms with Gasteiger partial charge in [0.25, 0.3) is 0 Å². The van der Waals surface area contributed by atoms with E-state index in [1.807, 2.05) is 37.3 Å². The third-order valence-corrected chi connectivity index (χ3v) is 6.03. The van der Waals surface area contributed by atoms with Gasteiger partial charge in [0.2, 0.25) is 0 Å². The summed E-state index contributed by atoms with van der Waals surface area (Å²) in [4.78, 5) is 35.7. The van der Waals surface area contributed by atoms with E-state index in [-0.39, 0.29) is 12.7 Å². The van der Waals surface area contributed by atoms with E-state index >= 15 is 0 Å². The number of carbonyl (C=O) groups is 3. The minimum Gasteiger partial charge on any atom is -0.456 e. The Morgan fingerprint density at radius 1 is 0.811 bits per heavy atom. The second-order valence-corrected chi connectivity index (χ2v) is 9.15. The van der Waals surface area contributed by atoms with Crippen molar-refractivity contribution in [2.24, 2.45) is 0 Å². The molecule has 0 amide bonds. The van der Waals surface area contributed by atoms with Crippen molar-refractivity contribution in [3.63, 3.8) is 0 Å². The Balaban J connectivity index is 1.87. The Kier molecular flexibility index (Phi) is 10.4. The molecule has 2 saturated heterocycles. The highest BCUT2D eigenvalue weighted by atomic mass is 16.7. The number of benzene rings is 1. The van der Waals surface area contributed by atoms with Gasteiger partial charge >= 0.3 is 17.9 Å². The molecule has 2 fully saturated rings. The second-order valence-electron chi connectivity index (χ2n) is 9.15. The molecule has 2 aliphatic rings. The molecule has 1 aromatic carbocycles.